The highest BCUT2D eigenvalue weighted by Crippen LogP contribution is 2.38. The SMILES string of the molecule is COc1cc2c(Oc3ccc(N(C(C)=O)C(N)=S)cc3F)ccnc2cc1OCCN1CCOCC1.c1cc2cc-2c1. The van der Waals surface area contributed by atoms with Crippen LogP contribution < -0.4 is 24.8 Å². The first kappa shape index (κ1) is 29.2. The third-order valence-electron chi connectivity index (χ3n) is 6.80. The monoisotopic (exact) mass is 590 g/mol. The van der Waals surface area contributed by atoms with Gasteiger partial charge in [0.15, 0.2) is 28.2 Å². The van der Waals surface area contributed by atoms with Gasteiger partial charge >= 0.3 is 0 Å². The minimum absolute atomic E-state index is 0.0394. The maximum atomic E-state index is 14.9. The fraction of sp³-hybridized carbons (Fsp3) is 0.258. The van der Waals surface area contributed by atoms with E-state index in [1.54, 1.807) is 31.5 Å². The minimum atomic E-state index is -0.685. The number of ether oxygens (including phenoxy) is 4. The van der Waals surface area contributed by atoms with Crippen molar-refractivity contribution in [2.75, 3.05) is 51.5 Å². The Morgan fingerprint density at radius 1 is 1.05 bits per heavy atom. The molecule has 0 saturated carbocycles. The van der Waals surface area contributed by atoms with Gasteiger partial charge in [0, 0.05) is 50.3 Å². The van der Waals surface area contributed by atoms with Crippen molar-refractivity contribution in [2.45, 2.75) is 6.92 Å². The lowest BCUT2D eigenvalue weighted by Crippen LogP contribution is -2.39. The molecule has 1 saturated heterocycles. The first-order valence-electron chi connectivity index (χ1n) is 13.4. The zero-order valence-electron chi connectivity index (χ0n) is 23.3. The van der Waals surface area contributed by atoms with Crippen LogP contribution in [0.4, 0.5) is 10.1 Å². The molecule has 11 heteroatoms. The smallest absolute Gasteiger partial charge is 0.230 e. The van der Waals surface area contributed by atoms with E-state index in [0.717, 1.165) is 43.8 Å². The van der Waals surface area contributed by atoms with Gasteiger partial charge in [-0.05, 0) is 53.7 Å². The Morgan fingerprint density at radius 2 is 1.81 bits per heavy atom. The molecule has 0 atom stereocenters. The van der Waals surface area contributed by atoms with Crippen molar-refractivity contribution >= 4 is 39.8 Å². The van der Waals surface area contributed by atoms with Gasteiger partial charge in [-0.1, -0.05) is 18.2 Å². The van der Waals surface area contributed by atoms with Crippen molar-refractivity contribution in [3.8, 4) is 34.1 Å². The number of anilines is 1. The second-order valence-corrected chi connectivity index (χ2v) is 10.0. The number of hydrogen-bond donors (Lipinski definition) is 1. The number of pyridine rings is 1. The molecule has 3 aromatic rings. The second kappa shape index (κ2) is 13.1. The third-order valence-corrected chi connectivity index (χ3v) is 6.98. The van der Waals surface area contributed by atoms with Gasteiger partial charge < -0.3 is 24.7 Å². The van der Waals surface area contributed by atoms with E-state index >= 15 is 0 Å². The van der Waals surface area contributed by atoms with Crippen molar-refractivity contribution in [2.24, 2.45) is 5.73 Å². The number of halogens is 1. The molecule has 0 spiro atoms. The van der Waals surface area contributed by atoms with Crippen LogP contribution in [0.25, 0.3) is 22.0 Å². The van der Waals surface area contributed by atoms with E-state index in [0.29, 0.717) is 34.8 Å². The van der Waals surface area contributed by atoms with Crippen molar-refractivity contribution < 1.29 is 28.1 Å². The number of morpholine rings is 1. The van der Waals surface area contributed by atoms with Gasteiger partial charge in [0.25, 0.3) is 0 Å². The van der Waals surface area contributed by atoms with Crippen LogP contribution in [0, 0.1) is 5.82 Å². The summed E-state index contributed by atoms with van der Waals surface area (Å²) in [7, 11) is 1.55. The molecule has 9 nitrogen and oxygen atoms in total. The molecule has 1 aliphatic heterocycles. The summed E-state index contributed by atoms with van der Waals surface area (Å²) in [5.74, 6) is 0.290. The van der Waals surface area contributed by atoms with Gasteiger partial charge in [-0.25, -0.2) is 4.39 Å². The van der Waals surface area contributed by atoms with Crippen LogP contribution in [-0.2, 0) is 9.53 Å². The molecule has 1 aromatic heterocycles. The Morgan fingerprint density at radius 3 is 2.40 bits per heavy atom. The predicted octanol–water partition coefficient (Wildman–Crippen LogP) is 5.15. The molecule has 2 heterocycles. The first-order chi connectivity index (χ1) is 20.3. The molecule has 218 valence electrons. The average molecular weight is 591 g/mol. The molecule has 0 bridgehead atoms. The van der Waals surface area contributed by atoms with E-state index in [2.05, 4.69) is 34.1 Å². The number of carbonyl (C=O) groups excluding carboxylic acids is 1. The molecule has 0 unspecified atom stereocenters. The number of carbonyl (C=O) groups is 1. The standard InChI is InChI=1S/C25H27FN4O5S.C6H4/c1-16(31)30(25(27)36)17-3-4-22(19(26)13-17)35-21-5-6-28-20-15-24(23(32-2)14-18(20)21)34-12-9-29-7-10-33-11-8-29;1-2-5-4-6(5)3-1/h3-6,13-15H,7-12H2,1-2H3,(H2,27,36);1-4H. The molecule has 3 aliphatic rings. The van der Waals surface area contributed by atoms with Gasteiger partial charge in [0.1, 0.15) is 12.4 Å². The van der Waals surface area contributed by atoms with Crippen LogP contribution in [0.3, 0.4) is 0 Å². The van der Waals surface area contributed by atoms with E-state index < -0.39 is 11.7 Å². The maximum absolute atomic E-state index is 14.9. The maximum Gasteiger partial charge on any atom is 0.230 e. The summed E-state index contributed by atoms with van der Waals surface area (Å²) in [6.45, 7) is 5.76. The van der Waals surface area contributed by atoms with Gasteiger partial charge in [-0.15, -0.1) is 0 Å². The number of aromatic nitrogens is 1. The lowest BCUT2D eigenvalue weighted by atomic mass is 10.1. The van der Waals surface area contributed by atoms with Crippen molar-refractivity contribution in [1.29, 1.82) is 0 Å². The van der Waals surface area contributed by atoms with E-state index in [4.69, 9.17) is 36.9 Å². The van der Waals surface area contributed by atoms with Gasteiger partial charge in [0.2, 0.25) is 5.91 Å². The van der Waals surface area contributed by atoms with Crippen molar-refractivity contribution in [1.82, 2.24) is 9.88 Å². The molecule has 2 aliphatic carbocycles. The Labute approximate surface area is 248 Å². The van der Waals surface area contributed by atoms with Gasteiger partial charge in [-0.2, -0.15) is 0 Å². The number of amides is 1. The average Bonchev–Trinajstić information content (AvgIpc) is 3.58. The first-order valence-corrected chi connectivity index (χ1v) is 13.8. The molecule has 1 amide bonds. The minimum Gasteiger partial charge on any atom is -0.493 e. The van der Waals surface area contributed by atoms with Crippen molar-refractivity contribution in [3.05, 3.63) is 72.7 Å². The lowest BCUT2D eigenvalue weighted by molar-refractivity contribution is -0.115. The number of methoxy groups -OCH3 is 1. The molecular formula is C31H31FN4O5S. The molecular weight excluding hydrogens is 559 g/mol. The van der Waals surface area contributed by atoms with E-state index in [9.17, 15) is 9.18 Å². The summed E-state index contributed by atoms with van der Waals surface area (Å²) in [5, 5.41) is 0.442. The molecule has 6 rings (SSSR count). The molecule has 2 aromatic carbocycles. The second-order valence-electron chi connectivity index (χ2n) is 9.62. The largest absolute Gasteiger partial charge is 0.493 e. The van der Waals surface area contributed by atoms with Gasteiger partial charge in [0.05, 0.1) is 31.5 Å². The highest BCUT2D eigenvalue weighted by atomic mass is 32.1. The van der Waals surface area contributed by atoms with Crippen LogP contribution in [0.1, 0.15) is 6.92 Å². The summed E-state index contributed by atoms with van der Waals surface area (Å²) in [6.07, 6.45) is 1.57. The van der Waals surface area contributed by atoms with Gasteiger partial charge in [-0.3, -0.25) is 19.6 Å². The number of hydrogen-bond acceptors (Lipinski definition) is 8. The zero-order valence-corrected chi connectivity index (χ0v) is 24.2. The number of benzene rings is 3. The third kappa shape index (κ3) is 6.93. The fourth-order valence-electron chi connectivity index (χ4n) is 4.57. The number of fused-ring (bicyclic) bond motifs is 2. The fourth-order valence-corrected chi connectivity index (χ4v) is 4.80. The number of nitrogens with two attached hydrogens (primary N) is 1. The topological polar surface area (TPSA) is 99.4 Å². The van der Waals surface area contributed by atoms with Crippen LogP contribution in [0.15, 0.2) is 66.9 Å². The summed E-state index contributed by atoms with van der Waals surface area (Å²) in [4.78, 5) is 19.5. The van der Waals surface area contributed by atoms with Crippen LogP contribution in [0.5, 0.6) is 23.0 Å². The quantitative estimate of drug-likeness (QED) is 0.246. The van der Waals surface area contributed by atoms with Crippen LogP contribution >= 0.6 is 12.2 Å². The molecule has 42 heavy (non-hydrogen) atoms. The Balaban J connectivity index is 0.000000513. The number of thiocarbonyl (C=S) groups is 1. The Bertz CT molecular complexity index is 1580. The Hall–Kier alpha value is -4.32. The molecule has 0 radical (unpaired) electrons. The van der Waals surface area contributed by atoms with Crippen LogP contribution in [0.2, 0.25) is 0 Å². The highest BCUT2D eigenvalue weighted by Gasteiger charge is 2.18. The zero-order chi connectivity index (χ0) is 29.6. The van der Waals surface area contributed by atoms with E-state index in [-0.39, 0.29) is 16.5 Å². The summed E-state index contributed by atoms with van der Waals surface area (Å²) in [6, 6.07) is 17.7. The lowest BCUT2D eigenvalue weighted by Gasteiger charge is -2.26. The Kier molecular flexibility index (Phi) is 9.11. The van der Waals surface area contributed by atoms with Crippen LogP contribution in [-0.4, -0.2) is 67.5 Å². The number of nitrogens with zero attached hydrogens (tertiary/aromatic N) is 3. The molecule has 2 N–H and O–H groups in total. The van der Waals surface area contributed by atoms with E-state index in [1.807, 2.05) is 0 Å². The summed E-state index contributed by atoms with van der Waals surface area (Å²) >= 11 is 4.90. The highest BCUT2D eigenvalue weighted by molar-refractivity contribution is 7.80. The van der Waals surface area contributed by atoms with E-state index in [1.165, 1.54) is 30.2 Å². The normalized spacial score (nSPS) is 13.5. The van der Waals surface area contributed by atoms with Crippen molar-refractivity contribution in [3.63, 3.8) is 0 Å². The number of rotatable bonds is 8. The summed E-state index contributed by atoms with van der Waals surface area (Å²) < 4.78 is 37.7. The summed E-state index contributed by atoms with van der Waals surface area (Å²) in [5.41, 5.74) is 9.26. The predicted molar refractivity (Wildman–Crippen MR) is 163 cm³/mol. The molecule has 1 fully saturated rings.